The van der Waals surface area contributed by atoms with Gasteiger partial charge in [-0.05, 0) is 30.8 Å². The summed E-state index contributed by atoms with van der Waals surface area (Å²) in [5.74, 6) is 0. The van der Waals surface area contributed by atoms with Crippen LogP contribution in [0.15, 0.2) is 24.3 Å². The van der Waals surface area contributed by atoms with Crippen molar-refractivity contribution in [3.63, 3.8) is 0 Å². The summed E-state index contributed by atoms with van der Waals surface area (Å²) in [5, 5.41) is 0.778. The second-order valence-corrected chi connectivity index (χ2v) is 5.85. The topological polar surface area (TPSA) is 9.23 Å². The van der Waals surface area contributed by atoms with Crippen molar-refractivity contribution in [3.05, 3.63) is 34.9 Å². The first-order valence-corrected chi connectivity index (χ1v) is 7.20. The lowest BCUT2D eigenvalue weighted by molar-refractivity contribution is 0.314. The third kappa shape index (κ3) is 3.39. The third-order valence-corrected chi connectivity index (χ3v) is 2.58. The van der Waals surface area contributed by atoms with E-state index in [2.05, 4.69) is 13.1 Å². The van der Waals surface area contributed by atoms with E-state index in [9.17, 15) is 0 Å². The standard InChI is InChI=1S/C9H13ClOSi/c1-12(2)11-7-8-3-5-9(10)6-4-8/h3-6,12H,7H2,1-2H3. The summed E-state index contributed by atoms with van der Waals surface area (Å²) in [6.07, 6.45) is 0. The minimum Gasteiger partial charge on any atom is -0.416 e. The van der Waals surface area contributed by atoms with Gasteiger partial charge in [0.1, 0.15) is 0 Å². The Morgan fingerprint density at radius 3 is 2.33 bits per heavy atom. The molecule has 0 aliphatic carbocycles. The molecule has 0 fully saturated rings. The van der Waals surface area contributed by atoms with Crippen molar-refractivity contribution >= 4 is 20.6 Å². The van der Waals surface area contributed by atoms with Crippen LogP contribution >= 0.6 is 11.6 Å². The summed E-state index contributed by atoms with van der Waals surface area (Å²) >= 11 is 5.74. The number of halogens is 1. The Hall–Kier alpha value is -0.313. The maximum absolute atomic E-state index is 5.74. The molecule has 3 heteroatoms. The molecule has 0 radical (unpaired) electrons. The molecule has 0 saturated heterocycles. The van der Waals surface area contributed by atoms with Crippen LogP contribution in [0.4, 0.5) is 0 Å². The van der Waals surface area contributed by atoms with Gasteiger partial charge in [-0.2, -0.15) is 0 Å². The van der Waals surface area contributed by atoms with E-state index in [1.165, 1.54) is 5.56 Å². The van der Waals surface area contributed by atoms with Gasteiger partial charge < -0.3 is 4.43 Å². The summed E-state index contributed by atoms with van der Waals surface area (Å²) in [6.45, 7) is 5.05. The highest BCUT2D eigenvalue weighted by Crippen LogP contribution is 2.10. The SMILES string of the molecule is C[SiH](C)OCc1ccc(Cl)cc1. The van der Waals surface area contributed by atoms with Gasteiger partial charge in [-0.3, -0.25) is 0 Å². The Labute approximate surface area is 80.0 Å². The molecule has 0 aliphatic heterocycles. The summed E-state index contributed by atoms with van der Waals surface area (Å²) in [6, 6.07) is 7.78. The van der Waals surface area contributed by atoms with Gasteiger partial charge in [0.25, 0.3) is 0 Å². The van der Waals surface area contributed by atoms with E-state index >= 15 is 0 Å². The molecule has 1 rings (SSSR count). The Morgan fingerprint density at radius 2 is 1.83 bits per heavy atom. The van der Waals surface area contributed by atoms with E-state index in [-0.39, 0.29) is 0 Å². The molecule has 0 amide bonds. The number of hydrogen-bond donors (Lipinski definition) is 0. The largest absolute Gasteiger partial charge is 0.416 e. The molecular weight excluding hydrogens is 188 g/mol. The normalized spacial score (nSPS) is 10.7. The molecular formula is C9H13ClOSi. The molecule has 0 saturated carbocycles. The second kappa shape index (κ2) is 4.65. The van der Waals surface area contributed by atoms with Gasteiger partial charge in [0.15, 0.2) is 9.04 Å². The van der Waals surface area contributed by atoms with E-state index < -0.39 is 9.04 Å². The monoisotopic (exact) mass is 200 g/mol. The van der Waals surface area contributed by atoms with Gasteiger partial charge in [-0.25, -0.2) is 0 Å². The van der Waals surface area contributed by atoms with Gasteiger partial charge in [0.2, 0.25) is 0 Å². The predicted molar refractivity (Wildman–Crippen MR) is 55.1 cm³/mol. The highest BCUT2D eigenvalue weighted by atomic mass is 35.5. The smallest absolute Gasteiger partial charge is 0.171 e. The lowest BCUT2D eigenvalue weighted by Gasteiger charge is -2.06. The first kappa shape index (κ1) is 9.77. The van der Waals surface area contributed by atoms with Crippen LogP contribution in [0, 0.1) is 0 Å². The van der Waals surface area contributed by atoms with E-state index in [0.29, 0.717) is 0 Å². The van der Waals surface area contributed by atoms with E-state index in [0.717, 1.165) is 11.6 Å². The Morgan fingerprint density at radius 1 is 1.25 bits per heavy atom. The van der Waals surface area contributed by atoms with E-state index in [4.69, 9.17) is 16.0 Å². The third-order valence-electron chi connectivity index (χ3n) is 1.50. The zero-order valence-corrected chi connectivity index (χ0v) is 9.29. The minimum absolute atomic E-state index is 0.723. The van der Waals surface area contributed by atoms with Crippen molar-refractivity contribution in [2.45, 2.75) is 19.7 Å². The summed E-state index contributed by atoms with van der Waals surface area (Å²) < 4.78 is 5.56. The molecule has 0 N–H and O–H groups in total. The fraction of sp³-hybridized carbons (Fsp3) is 0.333. The van der Waals surface area contributed by atoms with E-state index in [1.807, 2.05) is 24.3 Å². The average molecular weight is 201 g/mol. The molecule has 0 atom stereocenters. The van der Waals surface area contributed by atoms with Crippen LogP contribution in [-0.2, 0) is 11.0 Å². The zero-order chi connectivity index (χ0) is 8.97. The summed E-state index contributed by atoms with van der Waals surface area (Å²) in [7, 11) is -0.886. The van der Waals surface area contributed by atoms with Crippen LogP contribution in [-0.4, -0.2) is 9.04 Å². The first-order valence-electron chi connectivity index (χ1n) is 4.04. The maximum Gasteiger partial charge on any atom is 0.171 e. The maximum atomic E-state index is 5.74. The van der Waals surface area contributed by atoms with Gasteiger partial charge in [0.05, 0.1) is 6.61 Å². The van der Waals surface area contributed by atoms with Crippen molar-refractivity contribution in [3.8, 4) is 0 Å². The van der Waals surface area contributed by atoms with Gasteiger partial charge in [-0.1, -0.05) is 23.7 Å². The zero-order valence-electron chi connectivity index (χ0n) is 7.38. The van der Waals surface area contributed by atoms with Gasteiger partial charge >= 0.3 is 0 Å². The fourth-order valence-corrected chi connectivity index (χ4v) is 1.50. The van der Waals surface area contributed by atoms with Crippen molar-refractivity contribution in [1.29, 1.82) is 0 Å². The van der Waals surface area contributed by atoms with Crippen LogP contribution in [0.5, 0.6) is 0 Å². The molecule has 66 valence electrons. The molecule has 0 spiro atoms. The predicted octanol–water partition coefficient (Wildman–Crippen LogP) is 2.84. The summed E-state index contributed by atoms with van der Waals surface area (Å²) in [4.78, 5) is 0. The van der Waals surface area contributed by atoms with Crippen LogP contribution in [0.3, 0.4) is 0 Å². The summed E-state index contributed by atoms with van der Waals surface area (Å²) in [5.41, 5.74) is 1.20. The molecule has 0 unspecified atom stereocenters. The van der Waals surface area contributed by atoms with Crippen LogP contribution in [0.25, 0.3) is 0 Å². The van der Waals surface area contributed by atoms with E-state index in [1.54, 1.807) is 0 Å². The van der Waals surface area contributed by atoms with Crippen LogP contribution < -0.4 is 0 Å². The van der Waals surface area contributed by atoms with Crippen molar-refractivity contribution in [2.75, 3.05) is 0 Å². The highest BCUT2D eigenvalue weighted by molar-refractivity contribution is 6.48. The van der Waals surface area contributed by atoms with Gasteiger partial charge in [0, 0.05) is 5.02 Å². The Kier molecular flexibility index (Phi) is 3.79. The van der Waals surface area contributed by atoms with Crippen molar-refractivity contribution in [2.24, 2.45) is 0 Å². The van der Waals surface area contributed by atoms with Crippen molar-refractivity contribution in [1.82, 2.24) is 0 Å². The molecule has 12 heavy (non-hydrogen) atoms. The molecule has 1 aromatic carbocycles. The van der Waals surface area contributed by atoms with Gasteiger partial charge in [-0.15, -0.1) is 0 Å². The number of benzene rings is 1. The highest BCUT2D eigenvalue weighted by Gasteiger charge is 1.96. The van der Waals surface area contributed by atoms with Crippen LogP contribution in [0.1, 0.15) is 5.56 Å². The molecule has 1 nitrogen and oxygen atoms in total. The second-order valence-electron chi connectivity index (χ2n) is 2.99. The molecule has 1 aromatic rings. The molecule has 0 bridgehead atoms. The molecule has 0 aromatic heterocycles. The lowest BCUT2D eigenvalue weighted by Crippen LogP contribution is -2.06. The minimum atomic E-state index is -0.886. The number of hydrogen-bond acceptors (Lipinski definition) is 1. The Bertz CT molecular complexity index is 233. The quantitative estimate of drug-likeness (QED) is 0.682. The van der Waals surface area contributed by atoms with Crippen molar-refractivity contribution < 1.29 is 4.43 Å². The van der Waals surface area contributed by atoms with Crippen LogP contribution in [0.2, 0.25) is 18.1 Å². The molecule has 0 aliphatic rings. The lowest BCUT2D eigenvalue weighted by atomic mass is 10.2. The molecule has 0 heterocycles. The fourth-order valence-electron chi connectivity index (χ4n) is 0.844. The Balaban J connectivity index is 2.48. The first-order chi connectivity index (χ1) is 5.68. The number of rotatable bonds is 3. The average Bonchev–Trinajstić information content (AvgIpc) is 2.03.